The first-order valence-electron chi connectivity index (χ1n) is 7.23. The van der Waals surface area contributed by atoms with E-state index in [-0.39, 0.29) is 5.78 Å². The van der Waals surface area contributed by atoms with Gasteiger partial charge in [-0.1, -0.05) is 6.92 Å². The molecule has 112 valence electrons. The summed E-state index contributed by atoms with van der Waals surface area (Å²) in [5.41, 5.74) is 0.595. The van der Waals surface area contributed by atoms with Crippen molar-refractivity contribution < 1.29 is 19.0 Å². The molecule has 0 heterocycles. The summed E-state index contributed by atoms with van der Waals surface area (Å²) in [5.74, 6) is 1.25. The van der Waals surface area contributed by atoms with E-state index < -0.39 is 6.10 Å². The summed E-state index contributed by atoms with van der Waals surface area (Å²) in [6.07, 6.45) is 0.261. The fourth-order valence-corrected chi connectivity index (χ4v) is 1.97. The highest BCUT2D eigenvalue weighted by Gasteiger charge is 2.20. The van der Waals surface area contributed by atoms with Crippen molar-refractivity contribution in [1.29, 1.82) is 0 Å². The quantitative estimate of drug-likeness (QED) is 0.650. The Balaban J connectivity index is 3.00. The maximum Gasteiger partial charge on any atom is 0.191 e. The van der Waals surface area contributed by atoms with Crippen LogP contribution < -0.4 is 9.47 Å². The van der Waals surface area contributed by atoms with Crippen molar-refractivity contribution in [3.05, 3.63) is 23.8 Å². The van der Waals surface area contributed by atoms with Crippen LogP contribution in [0.25, 0.3) is 0 Å². The Labute approximate surface area is 121 Å². The number of hydrogen-bond acceptors (Lipinski definition) is 4. The summed E-state index contributed by atoms with van der Waals surface area (Å²) in [7, 11) is 0. The van der Waals surface area contributed by atoms with Crippen LogP contribution >= 0.6 is 0 Å². The van der Waals surface area contributed by atoms with E-state index >= 15 is 0 Å². The van der Waals surface area contributed by atoms with Crippen LogP contribution in [0.1, 0.15) is 44.5 Å². The lowest BCUT2D eigenvalue weighted by molar-refractivity contribution is 0.0443. The molecule has 20 heavy (non-hydrogen) atoms. The van der Waals surface area contributed by atoms with Crippen molar-refractivity contribution in [2.45, 2.75) is 40.2 Å². The number of ketones is 1. The van der Waals surface area contributed by atoms with Crippen molar-refractivity contribution >= 4 is 5.78 Å². The summed E-state index contributed by atoms with van der Waals surface area (Å²) >= 11 is 0. The molecule has 0 aromatic heterocycles. The molecule has 4 nitrogen and oxygen atoms in total. The Morgan fingerprint density at radius 1 is 1.00 bits per heavy atom. The van der Waals surface area contributed by atoms with E-state index in [2.05, 4.69) is 0 Å². The Kier molecular flexibility index (Phi) is 7.09. The molecule has 4 heteroatoms. The number of Topliss-reactive ketones (excluding diaryl/α,β-unsaturated/α-hetero) is 1. The van der Waals surface area contributed by atoms with Crippen LogP contribution in [0.3, 0.4) is 0 Å². The molecule has 0 aliphatic carbocycles. The number of ether oxygens (including phenoxy) is 3. The number of hydrogen-bond donors (Lipinski definition) is 0. The van der Waals surface area contributed by atoms with Crippen LogP contribution in [0.15, 0.2) is 18.2 Å². The lowest BCUT2D eigenvalue weighted by Crippen LogP contribution is -2.23. The Morgan fingerprint density at radius 2 is 1.65 bits per heavy atom. The Bertz CT molecular complexity index is 428. The molecule has 0 saturated carbocycles. The molecule has 0 spiro atoms. The lowest BCUT2D eigenvalue weighted by Gasteiger charge is -2.16. The second-order valence-corrected chi connectivity index (χ2v) is 4.24. The number of benzene rings is 1. The van der Waals surface area contributed by atoms with Crippen LogP contribution in [-0.4, -0.2) is 31.7 Å². The van der Waals surface area contributed by atoms with Crippen LogP contribution in [0.4, 0.5) is 0 Å². The third-order valence-electron chi connectivity index (χ3n) is 2.86. The molecular weight excluding hydrogens is 256 g/mol. The summed E-state index contributed by atoms with van der Waals surface area (Å²) in [4.78, 5) is 12.4. The summed E-state index contributed by atoms with van der Waals surface area (Å²) < 4.78 is 16.5. The smallest absolute Gasteiger partial charge is 0.191 e. The van der Waals surface area contributed by atoms with Crippen LogP contribution in [-0.2, 0) is 4.74 Å². The maximum absolute atomic E-state index is 12.4. The second-order valence-electron chi connectivity index (χ2n) is 4.24. The van der Waals surface area contributed by atoms with E-state index in [1.54, 1.807) is 18.2 Å². The highest BCUT2D eigenvalue weighted by Crippen LogP contribution is 2.29. The molecule has 1 unspecified atom stereocenters. The SMILES string of the molecule is CCOc1ccc(C(=O)C(CC)OCC)cc1OCC. The van der Waals surface area contributed by atoms with E-state index in [9.17, 15) is 4.79 Å². The van der Waals surface area contributed by atoms with E-state index in [1.165, 1.54) is 0 Å². The van der Waals surface area contributed by atoms with Crippen molar-refractivity contribution in [2.75, 3.05) is 19.8 Å². The summed E-state index contributed by atoms with van der Waals surface area (Å²) in [6, 6.07) is 5.27. The van der Waals surface area contributed by atoms with Crippen LogP contribution in [0.2, 0.25) is 0 Å². The van der Waals surface area contributed by atoms with Gasteiger partial charge in [-0.25, -0.2) is 0 Å². The third-order valence-corrected chi connectivity index (χ3v) is 2.86. The highest BCUT2D eigenvalue weighted by atomic mass is 16.5. The third kappa shape index (κ3) is 4.23. The molecule has 1 atom stereocenters. The van der Waals surface area contributed by atoms with Gasteiger partial charge in [0.1, 0.15) is 6.10 Å². The zero-order valence-corrected chi connectivity index (χ0v) is 12.8. The minimum atomic E-state index is -0.396. The first-order chi connectivity index (χ1) is 9.67. The molecule has 0 saturated heterocycles. The predicted octanol–water partition coefficient (Wildman–Crippen LogP) is 3.48. The maximum atomic E-state index is 12.4. The van der Waals surface area contributed by atoms with Crippen molar-refractivity contribution in [3.8, 4) is 11.5 Å². The molecule has 0 aliphatic heterocycles. The molecule has 0 radical (unpaired) electrons. The van der Waals surface area contributed by atoms with Crippen LogP contribution in [0.5, 0.6) is 11.5 Å². The van der Waals surface area contributed by atoms with Crippen molar-refractivity contribution in [3.63, 3.8) is 0 Å². The zero-order chi connectivity index (χ0) is 15.0. The van der Waals surface area contributed by atoms with Gasteiger partial charge >= 0.3 is 0 Å². The summed E-state index contributed by atoms with van der Waals surface area (Å²) in [5, 5.41) is 0. The lowest BCUT2D eigenvalue weighted by atomic mass is 10.0. The fraction of sp³-hybridized carbons (Fsp3) is 0.562. The number of carbonyl (C=O) groups is 1. The fourth-order valence-electron chi connectivity index (χ4n) is 1.97. The van der Waals surface area contributed by atoms with Gasteiger partial charge in [-0.2, -0.15) is 0 Å². The average molecular weight is 280 g/mol. The number of rotatable bonds is 9. The molecule has 0 fully saturated rings. The van der Waals surface area contributed by atoms with Gasteiger partial charge in [-0.05, 0) is 45.4 Å². The van der Waals surface area contributed by atoms with Gasteiger partial charge in [0.05, 0.1) is 13.2 Å². The van der Waals surface area contributed by atoms with E-state index in [0.29, 0.717) is 43.3 Å². The molecule has 0 bridgehead atoms. The zero-order valence-electron chi connectivity index (χ0n) is 12.8. The van der Waals surface area contributed by atoms with Crippen molar-refractivity contribution in [2.24, 2.45) is 0 Å². The van der Waals surface area contributed by atoms with E-state index in [0.717, 1.165) is 0 Å². The molecule has 1 aromatic carbocycles. The first kappa shape index (κ1) is 16.5. The largest absolute Gasteiger partial charge is 0.490 e. The number of carbonyl (C=O) groups excluding carboxylic acids is 1. The van der Waals surface area contributed by atoms with Gasteiger partial charge in [-0.15, -0.1) is 0 Å². The first-order valence-corrected chi connectivity index (χ1v) is 7.23. The van der Waals surface area contributed by atoms with Gasteiger partial charge in [0.2, 0.25) is 0 Å². The molecule has 1 aromatic rings. The standard InChI is InChI=1S/C16H24O4/c1-5-13(18-6-2)16(17)12-9-10-14(19-7-3)15(11-12)20-8-4/h9-11,13H,5-8H2,1-4H3. The Hall–Kier alpha value is -1.55. The molecular formula is C16H24O4. The Morgan fingerprint density at radius 3 is 2.20 bits per heavy atom. The molecule has 0 aliphatic rings. The van der Waals surface area contributed by atoms with Gasteiger partial charge in [0, 0.05) is 12.2 Å². The summed E-state index contributed by atoms with van der Waals surface area (Å²) in [6.45, 7) is 9.26. The molecule has 0 amide bonds. The molecule has 0 N–H and O–H groups in total. The predicted molar refractivity (Wildman–Crippen MR) is 78.8 cm³/mol. The van der Waals surface area contributed by atoms with E-state index in [4.69, 9.17) is 14.2 Å². The minimum Gasteiger partial charge on any atom is -0.490 e. The van der Waals surface area contributed by atoms with Crippen LogP contribution in [0, 0.1) is 0 Å². The van der Waals surface area contributed by atoms with Gasteiger partial charge in [0.25, 0.3) is 0 Å². The van der Waals surface area contributed by atoms with Gasteiger partial charge in [-0.3, -0.25) is 4.79 Å². The topological polar surface area (TPSA) is 44.8 Å². The van der Waals surface area contributed by atoms with Gasteiger partial charge < -0.3 is 14.2 Å². The monoisotopic (exact) mass is 280 g/mol. The molecule has 1 rings (SSSR count). The second kappa shape index (κ2) is 8.59. The highest BCUT2D eigenvalue weighted by molar-refractivity contribution is 6.00. The average Bonchev–Trinajstić information content (AvgIpc) is 2.46. The van der Waals surface area contributed by atoms with Gasteiger partial charge in [0.15, 0.2) is 17.3 Å². The van der Waals surface area contributed by atoms with Crippen molar-refractivity contribution in [1.82, 2.24) is 0 Å². The van der Waals surface area contributed by atoms with E-state index in [1.807, 2.05) is 27.7 Å². The normalized spacial score (nSPS) is 12.0. The minimum absolute atomic E-state index is 0.0154.